The number of hydrogen-bond acceptors (Lipinski definition) is 3. The highest BCUT2D eigenvalue weighted by Crippen LogP contribution is 2.19. The van der Waals surface area contributed by atoms with Gasteiger partial charge in [-0.1, -0.05) is 19.8 Å². The molecular weight excluding hydrogens is 262 g/mol. The topological polar surface area (TPSA) is 113 Å². The summed E-state index contributed by atoms with van der Waals surface area (Å²) in [7, 11) is 0. The zero-order valence-corrected chi connectivity index (χ0v) is 11.8. The van der Waals surface area contributed by atoms with E-state index in [0.717, 1.165) is 32.1 Å². The molecule has 1 heterocycles. The van der Waals surface area contributed by atoms with E-state index in [0.29, 0.717) is 6.54 Å². The number of nitrogens with zero attached hydrogens (tertiary/aromatic N) is 1. The smallest absolute Gasteiger partial charge is 0.326 e. The van der Waals surface area contributed by atoms with Crippen molar-refractivity contribution in [2.75, 3.05) is 6.54 Å². The van der Waals surface area contributed by atoms with E-state index in [2.05, 4.69) is 5.32 Å². The van der Waals surface area contributed by atoms with Crippen molar-refractivity contribution >= 4 is 17.9 Å². The minimum absolute atomic E-state index is 0.125. The molecule has 2 unspecified atom stereocenters. The number of nitrogens with two attached hydrogens (primary N) is 1. The fourth-order valence-corrected chi connectivity index (χ4v) is 2.50. The van der Waals surface area contributed by atoms with Crippen LogP contribution >= 0.6 is 0 Å². The van der Waals surface area contributed by atoms with Crippen molar-refractivity contribution in [3.8, 4) is 0 Å². The molecule has 1 fully saturated rings. The van der Waals surface area contributed by atoms with E-state index in [4.69, 9.17) is 10.8 Å². The first-order chi connectivity index (χ1) is 9.45. The van der Waals surface area contributed by atoms with Gasteiger partial charge in [0.15, 0.2) is 0 Å². The Morgan fingerprint density at radius 2 is 2.05 bits per heavy atom. The first-order valence-electron chi connectivity index (χ1n) is 7.04. The summed E-state index contributed by atoms with van der Waals surface area (Å²) >= 11 is 0. The van der Waals surface area contributed by atoms with Crippen molar-refractivity contribution in [2.45, 2.75) is 57.5 Å². The molecule has 7 nitrogen and oxygen atoms in total. The predicted molar refractivity (Wildman–Crippen MR) is 73.0 cm³/mol. The number of likely N-dealkylation sites (tertiary alicyclic amines) is 1. The Kier molecular flexibility index (Phi) is 6.27. The van der Waals surface area contributed by atoms with Crippen LogP contribution in [0.3, 0.4) is 0 Å². The van der Waals surface area contributed by atoms with Crippen LogP contribution in [0.25, 0.3) is 0 Å². The maximum Gasteiger partial charge on any atom is 0.326 e. The van der Waals surface area contributed by atoms with Crippen LogP contribution in [0.5, 0.6) is 0 Å². The lowest BCUT2D eigenvalue weighted by molar-refractivity contribution is -0.141. The van der Waals surface area contributed by atoms with Crippen molar-refractivity contribution in [3.63, 3.8) is 0 Å². The van der Waals surface area contributed by atoms with Gasteiger partial charge < -0.3 is 21.1 Å². The zero-order chi connectivity index (χ0) is 15.1. The summed E-state index contributed by atoms with van der Waals surface area (Å²) in [4.78, 5) is 35.8. The van der Waals surface area contributed by atoms with E-state index >= 15 is 0 Å². The van der Waals surface area contributed by atoms with Crippen LogP contribution in [0.4, 0.5) is 4.79 Å². The Morgan fingerprint density at radius 3 is 2.60 bits per heavy atom. The van der Waals surface area contributed by atoms with Gasteiger partial charge in [0, 0.05) is 12.6 Å². The Hall–Kier alpha value is -1.79. The predicted octanol–water partition coefficient (Wildman–Crippen LogP) is 0.679. The molecule has 1 aliphatic heterocycles. The molecule has 0 spiro atoms. The summed E-state index contributed by atoms with van der Waals surface area (Å²) < 4.78 is 0. The zero-order valence-electron chi connectivity index (χ0n) is 11.8. The lowest BCUT2D eigenvalue weighted by Crippen LogP contribution is -2.52. The van der Waals surface area contributed by atoms with E-state index in [1.54, 1.807) is 4.90 Å². The fraction of sp³-hybridized carbons (Fsp3) is 0.769. The Labute approximate surface area is 118 Å². The van der Waals surface area contributed by atoms with Gasteiger partial charge in [-0.25, -0.2) is 9.59 Å². The minimum Gasteiger partial charge on any atom is -0.480 e. The van der Waals surface area contributed by atoms with Crippen molar-refractivity contribution in [2.24, 2.45) is 5.73 Å². The largest absolute Gasteiger partial charge is 0.480 e. The second kappa shape index (κ2) is 7.72. The summed E-state index contributed by atoms with van der Waals surface area (Å²) in [5.41, 5.74) is 5.00. The standard InChI is InChI=1S/C13H23N3O4/c1-2-9-6-4-3-5-7-16(9)13(20)15-10(12(18)19)8-11(14)17/h9-10H,2-8H2,1H3,(H2,14,17)(H,15,20)(H,18,19). The molecule has 0 aromatic carbocycles. The van der Waals surface area contributed by atoms with Gasteiger partial charge in [0.25, 0.3) is 0 Å². The molecule has 0 aromatic rings. The normalized spacial score (nSPS) is 20.9. The van der Waals surface area contributed by atoms with Gasteiger partial charge in [-0.15, -0.1) is 0 Å². The van der Waals surface area contributed by atoms with E-state index in [-0.39, 0.29) is 6.04 Å². The van der Waals surface area contributed by atoms with Crippen molar-refractivity contribution < 1.29 is 19.5 Å². The third kappa shape index (κ3) is 4.71. The van der Waals surface area contributed by atoms with Crippen LogP contribution in [-0.4, -0.2) is 46.5 Å². The molecule has 1 aliphatic rings. The number of rotatable bonds is 5. The number of carboxylic acids is 1. The number of amides is 3. The highest BCUT2D eigenvalue weighted by atomic mass is 16.4. The summed E-state index contributed by atoms with van der Waals surface area (Å²) in [6.07, 6.45) is 4.43. The Balaban J connectivity index is 2.70. The first-order valence-corrected chi connectivity index (χ1v) is 7.04. The summed E-state index contributed by atoms with van der Waals surface area (Å²) in [5.74, 6) is -2.00. The molecule has 114 valence electrons. The number of hydrogen-bond donors (Lipinski definition) is 3. The Morgan fingerprint density at radius 1 is 1.35 bits per heavy atom. The molecule has 0 radical (unpaired) electrons. The summed E-state index contributed by atoms with van der Waals surface area (Å²) in [5, 5.41) is 11.4. The molecule has 4 N–H and O–H groups in total. The number of primary amides is 1. The molecule has 0 bridgehead atoms. The minimum atomic E-state index is -1.26. The number of carbonyl (C=O) groups is 3. The van der Waals surface area contributed by atoms with Crippen LogP contribution in [-0.2, 0) is 9.59 Å². The summed E-state index contributed by atoms with van der Waals surface area (Å²) in [6.45, 7) is 2.63. The second-order valence-electron chi connectivity index (χ2n) is 5.12. The van der Waals surface area contributed by atoms with E-state index < -0.39 is 30.4 Å². The lowest BCUT2D eigenvalue weighted by atomic mass is 10.1. The van der Waals surface area contributed by atoms with Crippen molar-refractivity contribution in [3.05, 3.63) is 0 Å². The highest BCUT2D eigenvalue weighted by Gasteiger charge is 2.28. The van der Waals surface area contributed by atoms with Gasteiger partial charge in [0.1, 0.15) is 6.04 Å². The molecule has 7 heteroatoms. The fourth-order valence-electron chi connectivity index (χ4n) is 2.50. The number of nitrogens with one attached hydrogen (secondary N) is 1. The maximum atomic E-state index is 12.2. The van der Waals surface area contributed by atoms with E-state index in [9.17, 15) is 14.4 Å². The molecule has 1 saturated heterocycles. The number of carbonyl (C=O) groups excluding carboxylic acids is 2. The van der Waals surface area contributed by atoms with Gasteiger partial charge in [-0.3, -0.25) is 4.79 Å². The van der Waals surface area contributed by atoms with Crippen LogP contribution < -0.4 is 11.1 Å². The van der Waals surface area contributed by atoms with Crippen LogP contribution in [0.2, 0.25) is 0 Å². The number of urea groups is 1. The van der Waals surface area contributed by atoms with Crippen LogP contribution in [0.15, 0.2) is 0 Å². The van der Waals surface area contributed by atoms with Crippen molar-refractivity contribution in [1.82, 2.24) is 10.2 Å². The average Bonchev–Trinajstić information content (AvgIpc) is 2.62. The summed E-state index contributed by atoms with van der Waals surface area (Å²) in [6, 6.07) is -1.56. The van der Waals surface area contributed by atoms with Gasteiger partial charge in [0.05, 0.1) is 6.42 Å². The molecule has 0 aliphatic carbocycles. The van der Waals surface area contributed by atoms with Crippen LogP contribution in [0, 0.1) is 0 Å². The van der Waals surface area contributed by atoms with Gasteiger partial charge in [-0.2, -0.15) is 0 Å². The van der Waals surface area contributed by atoms with Gasteiger partial charge >= 0.3 is 12.0 Å². The number of carboxylic acid groups (broad SMARTS) is 1. The van der Waals surface area contributed by atoms with Gasteiger partial charge in [-0.05, 0) is 19.3 Å². The number of aliphatic carboxylic acids is 1. The van der Waals surface area contributed by atoms with Crippen molar-refractivity contribution in [1.29, 1.82) is 0 Å². The monoisotopic (exact) mass is 285 g/mol. The third-order valence-electron chi connectivity index (χ3n) is 3.61. The molecule has 3 amide bonds. The van der Waals surface area contributed by atoms with Crippen LogP contribution in [0.1, 0.15) is 45.4 Å². The molecular formula is C13H23N3O4. The lowest BCUT2D eigenvalue weighted by Gasteiger charge is -2.30. The van der Waals surface area contributed by atoms with Gasteiger partial charge in [0.2, 0.25) is 5.91 Å². The van der Waals surface area contributed by atoms with E-state index in [1.165, 1.54) is 0 Å². The quantitative estimate of drug-likeness (QED) is 0.689. The highest BCUT2D eigenvalue weighted by molar-refractivity contribution is 5.87. The third-order valence-corrected chi connectivity index (χ3v) is 3.61. The molecule has 0 aromatic heterocycles. The second-order valence-corrected chi connectivity index (χ2v) is 5.12. The Bertz CT molecular complexity index is 373. The molecule has 1 rings (SSSR count). The molecule has 2 atom stereocenters. The molecule has 0 saturated carbocycles. The molecule has 20 heavy (non-hydrogen) atoms. The average molecular weight is 285 g/mol. The SMILES string of the molecule is CCC1CCCCCN1C(=O)NC(CC(N)=O)C(=O)O. The maximum absolute atomic E-state index is 12.2. The van der Waals surface area contributed by atoms with E-state index in [1.807, 2.05) is 6.92 Å². The first kappa shape index (κ1) is 16.3.